The molecular formula is C13H24N2O3. The highest BCUT2D eigenvalue weighted by Gasteiger charge is 2.41. The zero-order valence-electron chi connectivity index (χ0n) is 11.4. The molecule has 2 fully saturated rings. The van der Waals surface area contributed by atoms with Gasteiger partial charge in [0.05, 0.1) is 24.2 Å². The van der Waals surface area contributed by atoms with Gasteiger partial charge >= 0.3 is 0 Å². The van der Waals surface area contributed by atoms with Gasteiger partial charge in [0.1, 0.15) is 0 Å². The smallest absolute Gasteiger partial charge is 0.225 e. The Morgan fingerprint density at radius 3 is 2.72 bits per heavy atom. The fourth-order valence-electron chi connectivity index (χ4n) is 2.79. The molecule has 1 saturated carbocycles. The third-order valence-electron chi connectivity index (χ3n) is 4.11. The summed E-state index contributed by atoms with van der Waals surface area (Å²) in [4.78, 5) is 14.2. The minimum Gasteiger partial charge on any atom is -0.378 e. The summed E-state index contributed by atoms with van der Waals surface area (Å²) in [7, 11) is 1.71. The summed E-state index contributed by atoms with van der Waals surface area (Å²) in [5, 5.41) is 0. The topological polar surface area (TPSA) is 64.8 Å². The quantitative estimate of drug-likeness (QED) is 0.796. The lowest BCUT2D eigenvalue weighted by Gasteiger charge is -2.43. The van der Waals surface area contributed by atoms with Crippen LogP contribution >= 0.6 is 0 Å². The maximum atomic E-state index is 12.3. The van der Waals surface area contributed by atoms with Crippen LogP contribution in [0.3, 0.4) is 0 Å². The molecule has 0 spiro atoms. The van der Waals surface area contributed by atoms with E-state index in [0.717, 1.165) is 19.3 Å². The van der Waals surface area contributed by atoms with Crippen molar-refractivity contribution in [2.75, 3.05) is 26.7 Å². The lowest BCUT2D eigenvalue weighted by molar-refractivity contribution is -0.154. The highest BCUT2D eigenvalue weighted by atomic mass is 16.5. The Morgan fingerprint density at radius 1 is 1.50 bits per heavy atom. The van der Waals surface area contributed by atoms with Gasteiger partial charge in [-0.1, -0.05) is 0 Å². The summed E-state index contributed by atoms with van der Waals surface area (Å²) in [5.74, 6) is 0.171. The Morgan fingerprint density at radius 2 is 2.22 bits per heavy atom. The minimum absolute atomic E-state index is 0.0300. The summed E-state index contributed by atoms with van der Waals surface area (Å²) in [5.41, 5.74) is 5.43. The van der Waals surface area contributed by atoms with Crippen LogP contribution in [0.5, 0.6) is 0 Å². The largest absolute Gasteiger partial charge is 0.378 e. The van der Waals surface area contributed by atoms with Gasteiger partial charge in [-0.05, 0) is 26.2 Å². The van der Waals surface area contributed by atoms with Crippen LogP contribution in [-0.2, 0) is 14.3 Å². The van der Waals surface area contributed by atoms with Crippen molar-refractivity contribution in [1.82, 2.24) is 4.90 Å². The van der Waals surface area contributed by atoms with E-state index in [2.05, 4.69) is 0 Å². The van der Waals surface area contributed by atoms with Crippen molar-refractivity contribution in [3.8, 4) is 0 Å². The SMILES string of the molecule is COC1(CC(=O)N2CC(C)OC(CN)C2)CCC1. The molecule has 0 aromatic heterocycles. The van der Waals surface area contributed by atoms with Crippen LogP contribution < -0.4 is 5.73 Å². The van der Waals surface area contributed by atoms with Crippen LogP contribution in [0.1, 0.15) is 32.6 Å². The van der Waals surface area contributed by atoms with E-state index in [1.165, 1.54) is 0 Å². The molecule has 0 bridgehead atoms. The van der Waals surface area contributed by atoms with Gasteiger partial charge in [-0.2, -0.15) is 0 Å². The Bertz CT molecular complexity index is 299. The van der Waals surface area contributed by atoms with E-state index in [4.69, 9.17) is 15.2 Å². The summed E-state index contributed by atoms with van der Waals surface area (Å²) in [6.45, 7) is 3.72. The number of amides is 1. The van der Waals surface area contributed by atoms with E-state index in [0.29, 0.717) is 26.1 Å². The number of carbonyl (C=O) groups is 1. The highest BCUT2D eigenvalue weighted by Crippen LogP contribution is 2.38. The normalized spacial score (nSPS) is 30.9. The monoisotopic (exact) mass is 256 g/mol. The molecule has 2 rings (SSSR count). The molecule has 1 heterocycles. The molecule has 0 radical (unpaired) electrons. The molecule has 2 aliphatic rings. The molecule has 0 aromatic rings. The maximum Gasteiger partial charge on any atom is 0.225 e. The van der Waals surface area contributed by atoms with Gasteiger partial charge in [0.15, 0.2) is 0 Å². The van der Waals surface area contributed by atoms with Crippen LogP contribution in [0.15, 0.2) is 0 Å². The second kappa shape index (κ2) is 5.55. The van der Waals surface area contributed by atoms with Crippen molar-refractivity contribution in [1.29, 1.82) is 0 Å². The van der Waals surface area contributed by atoms with E-state index in [1.807, 2.05) is 11.8 Å². The second-order valence-electron chi connectivity index (χ2n) is 5.52. The number of ether oxygens (including phenoxy) is 2. The predicted octanol–water partition coefficient (Wildman–Crippen LogP) is 0.520. The maximum absolute atomic E-state index is 12.3. The van der Waals surface area contributed by atoms with Gasteiger partial charge in [0, 0.05) is 26.7 Å². The molecule has 2 atom stereocenters. The molecule has 1 amide bonds. The lowest BCUT2D eigenvalue weighted by atomic mass is 9.77. The summed E-state index contributed by atoms with van der Waals surface area (Å²) >= 11 is 0. The molecule has 2 unspecified atom stereocenters. The molecule has 18 heavy (non-hydrogen) atoms. The van der Waals surface area contributed by atoms with Gasteiger partial charge < -0.3 is 20.1 Å². The van der Waals surface area contributed by atoms with Gasteiger partial charge in [0.25, 0.3) is 0 Å². The van der Waals surface area contributed by atoms with E-state index >= 15 is 0 Å². The Hall–Kier alpha value is -0.650. The number of nitrogens with two attached hydrogens (primary N) is 1. The van der Waals surface area contributed by atoms with Crippen molar-refractivity contribution < 1.29 is 14.3 Å². The Balaban J connectivity index is 1.91. The fourth-order valence-corrected chi connectivity index (χ4v) is 2.79. The first-order chi connectivity index (χ1) is 8.58. The third-order valence-corrected chi connectivity index (χ3v) is 4.11. The highest BCUT2D eigenvalue weighted by molar-refractivity contribution is 5.77. The van der Waals surface area contributed by atoms with Gasteiger partial charge in [-0.25, -0.2) is 0 Å². The molecule has 0 aromatic carbocycles. The Labute approximate surface area is 109 Å². The van der Waals surface area contributed by atoms with Gasteiger partial charge in [-0.3, -0.25) is 4.79 Å². The average molecular weight is 256 g/mol. The zero-order chi connectivity index (χ0) is 13.2. The summed E-state index contributed by atoms with van der Waals surface area (Å²) < 4.78 is 11.2. The molecule has 5 heteroatoms. The first-order valence-corrected chi connectivity index (χ1v) is 6.77. The van der Waals surface area contributed by atoms with Crippen molar-refractivity contribution in [3.05, 3.63) is 0 Å². The second-order valence-corrected chi connectivity index (χ2v) is 5.52. The van der Waals surface area contributed by atoms with E-state index in [-0.39, 0.29) is 23.7 Å². The van der Waals surface area contributed by atoms with Crippen molar-refractivity contribution in [2.24, 2.45) is 5.73 Å². The number of carbonyl (C=O) groups excluding carboxylic acids is 1. The molecular weight excluding hydrogens is 232 g/mol. The molecule has 2 N–H and O–H groups in total. The molecule has 1 saturated heterocycles. The van der Waals surface area contributed by atoms with Crippen LogP contribution in [0.4, 0.5) is 0 Å². The fraction of sp³-hybridized carbons (Fsp3) is 0.923. The van der Waals surface area contributed by atoms with Gasteiger partial charge in [-0.15, -0.1) is 0 Å². The molecule has 1 aliphatic heterocycles. The van der Waals surface area contributed by atoms with Gasteiger partial charge in [0.2, 0.25) is 5.91 Å². The molecule has 5 nitrogen and oxygen atoms in total. The van der Waals surface area contributed by atoms with Crippen molar-refractivity contribution >= 4 is 5.91 Å². The molecule has 104 valence electrons. The van der Waals surface area contributed by atoms with E-state index in [1.54, 1.807) is 7.11 Å². The van der Waals surface area contributed by atoms with E-state index in [9.17, 15) is 4.79 Å². The van der Waals surface area contributed by atoms with Crippen LogP contribution in [0, 0.1) is 0 Å². The third kappa shape index (κ3) is 2.84. The first-order valence-electron chi connectivity index (χ1n) is 6.77. The van der Waals surface area contributed by atoms with E-state index < -0.39 is 0 Å². The summed E-state index contributed by atoms with van der Waals surface area (Å²) in [6.07, 6.45) is 3.68. The minimum atomic E-state index is -0.198. The number of methoxy groups -OCH3 is 1. The number of hydrogen-bond acceptors (Lipinski definition) is 4. The van der Waals surface area contributed by atoms with Crippen LogP contribution in [0.25, 0.3) is 0 Å². The van der Waals surface area contributed by atoms with Crippen molar-refractivity contribution in [3.63, 3.8) is 0 Å². The predicted molar refractivity (Wildman–Crippen MR) is 68.2 cm³/mol. The van der Waals surface area contributed by atoms with Crippen LogP contribution in [-0.4, -0.2) is 55.4 Å². The standard InChI is InChI=1S/C13H24N2O3/c1-10-8-15(9-11(7-14)18-10)12(16)6-13(17-2)4-3-5-13/h10-11H,3-9,14H2,1-2H3. The molecule has 1 aliphatic carbocycles. The number of hydrogen-bond donors (Lipinski definition) is 1. The Kier molecular flexibility index (Phi) is 4.25. The lowest BCUT2D eigenvalue weighted by Crippen LogP contribution is -2.53. The summed E-state index contributed by atoms with van der Waals surface area (Å²) in [6, 6.07) is 0. The zero-order valence-corrected chi connectivity index (χ0v) is 11.4. The van der Waals surface area contributed by atoms with Crippen molar-refractivity contribution in [2.45, 2.75) is 50.4 Å². The number of rotatable bonds is 4. The first kappa shape index (κ1) is 13.8. The number of nitrogens with zero attached hydrogens (tertiary/aromatic N) is 1. The average Bonchev–Trinajstić information content (AvgIpc) is 2.32. The van der Waals surface area contributed by atoms with Crippen LogP contribution in [0.2, 0.25) is 0 Å². The number of morpholine rings is 1.